The third-order valence-electron chi connectivity index (χ3n) is 3.37. The van der Waals surface area contributed by atoms with Gasteiger partial charge in [0.15, 0.2) is 5.82 Å². The Morgan fingerprint density at radius 2 is 2.09 bits per heavy atom. The van der Waals surface area contributed by atoms with E-state index < -0.39 is 0 Å². The summed E-state index contributed by atoms with van der Waals surface area (Å²) in [5.74, 6) is 1.24. The second-order valence-electron chi connectivity index (χ2n) is 4.90. The quantitative estimate of drug-likeness (QED) is 0.758. The van der Waals surface area contributed by atoms with E-state index in [1.165, 1.54) is 6.33 Å². The van der Waals surface area contributed by atoms with Crippen molar-refractivity contribution in [3.8, 4) is 17.1 Å². The van der Waals surface area contributed by atoms with Crippen LogP contribution in [0.3, 0.4) is 0 Å². The largest absolute Gasteiger partial charge is 0.488 e. The van der Waals surface area contributed by atoms with Crippen molar-refractivity contribution >= 4 is 5.91 Å². The van der Waals surface area contributed by atoms with E-state index in [4.69, 9.17) is 4.74 Å². The number of nitrogens with one attached hydrogen (secondary N) is 2. The first-order valence-electron chi connectivity index (χ1n) is 7.16. The molecule has 6 nitrogen and oxygen atoms in total. The molecule has 1 heterocycles. The summed E-state index contributed by atoms with van der Waals surface area (Å²) in [6, 6.07) is 14.9. The molecule has 3 rings (SSSR count). The molecule has 3 aromatic rings. The Morgan fingerprint density at radius 1 is 1.22 bits per heavy atom. The molecule has 0 spiro atoms. The number of aromatic amines is 1. The molecule has 0 radical (unpaired) electrons. The molecular formula is C17H16N4O2. The van der Waals surface area contributed by atoms with Gasteiger partial charge >= 0.3 is 0 Å². The van der Waals surface area contributed by atoms with Crippen LogP contribution in [0.1, 0.15) is 15.9 Å². The Kier molecular flexibility index (Phi) is 4.33. The number of benzene rings is 2. The fourth-order valence-corrected chi connectivity index (χ4v) is 2.23. The Hall–Kier alpha value is -3.15. The van der Waals surface area contributed by atoms with E-state index in [1.54, 1.807) is 13.1 Å². The summed E-state index contributed by atoms with van der Waals surface area (Å²) in [7, 11) is 1.61. The molecule has 2 aromatic carbocycles. The zero-order valence-electron chi connectivity index (χ0n) is 12.6. The average molecular weight is 308 g/mol. The number of hydrogen-bond donors (Lipinski definition) is 2. The molecular weight excluding hydrogens is 292 g/mol. The highest BCUT2D eigenvalue weighted by atomic mass is 16.5. The van der Waals surface area contributed by atoms with Gasteiger partial charge in [0, 0.05) is 12.6 Å². The summed E-state index contributed by atoms with van der Waals surface area (Å²) in [6.45, 7) is 0.357. The van der Waals surface area contributed by atoms with E-state index in [2.05, 4.69) is 20.5 Å². The van der Waals surface area contributed by atoms with Gasteiger partial charge in [-0.15, -0.1) is 0 Å². The predicted octanol–water partition coefficient (Wildman–Crippen LogP) is 2.41. The number of rotatable bonds is 5. The second kappa shape index (κ2) is 6.74. The molecule has 2 N–H and O–H groups in total. The Morgan fingerprint density at radius 3 is 2.87 bits per heavy atom. The van der Waals surface area contributed by atoms with E-state index >= 15 is 0 Å². The van der Waals surface area contributed by atoms with Gasteiger partial charge in [0.2, 0.25) is 0 Å². The van der Waals surface area contributed by atoms with Crippen molar-refractivity contribution in [1.82, 2.24) is 20.5 Å². The summed E-state index contributed by atoms with van der Waals surface area (Å²) < 4.78 is 5.90. The molecule has 1 aromatic heterocycles. The van der Waals surface area contributed by atoms with Crippen molar-refractivity contribution in [2.24, 2.45) is 0 Å². The number of para-hydroxylation sites is 1. The highest BCUT2D eigenvalue weighted by molar-refractivity contribution is 5.94. The number of hydrogen-bond acceptors (Lipinski definition) is 4. The SMILES string of the molecule is CNC(=O)c1cccc(COc2ccccc2-c2ncn[nH]2)c1. The molecule has 23 heavy (non-hydrogen) atoms. The molecule has 0 bridgehead atoms. The minimum Gasteiger partial charge on any atom is -0.488 e. The van der Waals surface area contributed by atoms with Gasteiger partial charge in [-0.05, 0) is 29.8 Å². The Labute approximate surface area is 133 Å². The van der Waals surface area contributed by atoms with Gasteiger partial charge in [-0.1, -0.05) is 24.3 Å². The van der Waals surface area contributed by atoms with Crippen LogP contribution in [0.5, 0.6) is 5.75 Å². The number of ether oxygens (including phenoxy) is 1. The summed E-state index contributed by atoms with van der Waals surface area (Å²) >= 11 is 0. The molecule has 0 unspecified atom stereocenters. The van der Waals surface area contributed by atoms with Crippen LogP contribution in [0.25, 0.3) is 11.4 Å². The van der Waals surface area contributed by atoms with Gasteiger partial charge in [-0.3, -0.25) is 9.89 Å². The molecule has 0 saturated heterocycles. The van der Waals surface area contributed by atoms with E-state index in [-0.39, 0.29) is 5.91 Å². The van der Waals surface area contributed by atoms with Crippen LogP contribution >= 0.6 is 0 Å². The van der Waals surface area contributed by atoms with E-state index in [0.717, 1.165) is 11.1 Å². The highest BCUT2D eigenvalue weighted by Crippen LogP contribution is 2.27. The molecule has 6 heteroatoms. The number of nitrogens with zero attached hydrogens (tertiary/aromatic N) is 2. The fourth-order valence-electron chi connectivity index (χ4n) is 2.23. The lowest BCUT2D eigenvalue weighted by molar-refractivity contribution is 0.0963. The highest BCUT2D eigenvalue weighted by Gasteiger charge is 2.09. The summed E-state index contributed by atoms with van der Waals surface area (Å²) in [5, 5.41) is 9.30. The molecule has 0 aliphatic heterocycles. The maximum Gasteiger partial charge on any atom is 0.251 e. The van der Waals surface area contributed by atoms with Crippen molar-refractivity contribution in [3.63, 3.8) is 0 Å². The third kappa shape index (κ3) is 3.37. The van der Waals surface area contributed by atoms with Crippen LogP contribution in [0.4, 0.5) is 0 Å². The standard InChI is InChI=1S/C17H16N4O2/c1-18-17(22)13-6-4-5-12(9-13)10-23-15-8-3-2-7-14(15)16-19-11-20-21-16/h2-9,11H,10H2,1H3,(H,18,22)(H,19,20,21). The summed E-state index contributed by atoms with van der Waals surface area (Å²) in [6.07, 6.45) is 1.46. The first kappa shape index (κ1) is 14.8. The monoisotopic (exact) mass is 308 g/mol. The molecule has 0 saturated carbocycles. The second-order valence-corrected chi connectivity index (χ2v) is 4.90. The summed E-state index contributed by atoms with van der Waals surface area (Å²) in [5.41, 5.74) is 2.36. The molecule has 0 aliphatic carbocycles. The number of H-pyrrole nitrogens is 1. The van der Waals surface area contributed by atoms with Gasteiger partial charge in [0.1, 0.15) is 18.7 Å². The average Bonchev–Trinajstić information content (AvgIpc) is 3.14. The molecule has 0 atom stereocenters. The normalized spacial score (nSPS) is 10.3. The minimum absolute atomic E-state index is 0.117. The van der Waals surface area contributed by atoms with Crippen molar-refractivity contribution in [2.45, 2.75) is 6.61 Å². The topological polar surface area (TPSA) is 79.9 Å². The lowest BCUT2D eigenvalue weighted by atomic mass is 10.1. The van der Waals surface area contributed by atoms with Crippen molar-refractivity contribution in [3.05, 3.63) is 66.0 Å². The van der Waals surface area contributed by atoms with Crippen molar-refractivity contribution in [1.29, 1.82) is 0 Å². The molecule has 0 aliphatic rings. The van der Waals surface area contributed by atoms with Crippen LogP contribution in [0.15, 0.2) is 54.9 Å². The van der Waals surface area contributed by atoms with Gasteiger partial charge in [-0.25, -0.2) is 4.98 Å². The minimum atomic E-state index is -0.117. The number of amides is 1. The molecule has 1 amide bonds. The maximum absolute atomic E-state index is 11.7. The first-order chi connectivity index (χ1) is 11.3. The van der Waals surface area contributed by atoms with Crippen LogP contribution in [0.2, 0.25) is 0 Å². The maximum atomic E-state index is 11.7. The van der Waals surface area contributed by atoms with Gasteiger partial charge in [0.05, 0.1) is 5.56 Å². The lowest BCUT2D eigenvalue weighted by Crippen LogP contribution is -2.17. The van der Waals surface area contributed by atoms with E-state index in [9.17, 15) is 4.79 Å². The fraction of sp³-hybridized carbons (Fsp3) is 0.118. The van der Waals surface area contributed by atoms with Crippen LogP contribution in [0, 0.1) is 0 Å². The Balaban J connectivity index is 1.78. The molecule has 116 valence electrons. The number of carbonyl (C=O) groups excluding carboxylic acids is 1. The van der Waals surface area contributed by atoms with Gasteiger partial charge in [-0.2, -0.15) is 5.10 Å². The van der Waals surface area contributed by atoms with Gasteiger partial charge < -0.3 is 10.1 Å². The number of aromatic nitrogens is 3. The smallest absolute Gasteiger partial charge is 0.251 e. The van der Waals surface area contributed by atoms with Crippen LogP contribution in [-0.2, 0) is 6.61 Å². The van der Waals surface area contributed by atoms with E-state index in [0.29, 0.717) is 23.7 Å². The summed E-state index contributed by atoms with van der Waals surface area (Å²) in [4.78, 5) is 15.8. The van der Waals surface area contributed by atoms with Crippen molar-refractivity contribution in [2.75, 3.05) is 7.05 Å². The first-order valence-corrected chi connectivity index (χ1v) is 7.16. The van der Waals surface area contributed by atoms with Gasteiger partial charge in [0.25, 0.3) is 5.91 Å². The van der Waals surface area contributed by atoms with Crippen molar-refractivity contribution < 1.29 is 9.53 Å². The molecule has 0 fully saturated rings. The predicted molar refractivity (Wildman–Crippen MR) is 86.0 cm³/mol. The van der Waals surface area contributed by atoms with Crippen LogP contribution in [-0.4, -0.2) is 28.1 Å². The lowest BCUT2D eigenvalue weighted by Gasteiger charge is -2.10. The van der Waals surface area contributed by atoms with Crippen LogP contribution < -0.4 is 10.1 Å². The zero-order valence-corrected chi connectivity index (χ0v) is 12.6. The third-order valence-corrected chi connectivity index (χ3v) is 3.37. The van der Waals surface area contributed by atoms with E-state index in [1.807, 2.05) is 42.5 Å². The number of carbonyl (C=O) groups is 1. The Bertz CT molecular complexity index is 800. The zero-order chi connectivity index (χ0) is 16.1.